The number of likely N-dealkylation sites (tertiary alicyclic amines) is 1. The van der Waals surface area contributed by atoms with Crippen LogP contribution in [0.25, 0.3) is 0 Å². The highest BCUT2D eigenvalue weighted by molar-refractivity contribution is 5.81. The van der Waals surface area contributed by atoms with Gasteiger partial charge in [-0.3, -0.25) is 19.6 Å². The van der Waals surface area contributed by atoms with E-state index in [-0.39, 0.29) is 24.0 Å². The number of aromatic nitrogens is 2. The van der Waals surface area contributed by atoms with Gasteiger partial charge in [0.2, 0.25) is 11.8 Å². The number of hydrogen-bond donors (Lipinski definition) is 1. The van der Waals surface area contributed by atoms with Crippen LogP contribution in [0.3, 0.4) is 0 Å². The third-order valence-electron chi connectivity index (χ3n) is 4.25. The Labute approximate surface area is 129 Å². The topological polar surface area (TPSA) is 84.4 Å². The molecule has 0 bridgehead atoms. The standard InChI is InChI=1S/C15H20N4O3/c1-9-6-17-11(7-16-9)8-18-15(21)14-5-12-13(22-14)3-4-19(12)10(2)20/h6-7,12-14H,3-5,8H2,1-2H3,(H,18,21)/t12-,13-,14-/m0/s1. The number of fused-ring (bicyclic) bond motifs is 1. The second-order valence-corrected chi connectivity index (χ2v) is 5.83. The third-order valence-corrected chi connectivity index (χ3v) is 4.25. The molecule has 7 nitrogen and oxygen atoms in total. The number of carbonyl (C=O) groups is 2. The van der Waals surface area contributed by atoms with Crippen LogP contribution in [0.15, 0.2) is 12.4 Å². The summed E-state index contributed by atoms with van der Waals surface area (Å²) >= 11 is 0. The number of aryl methyl sites for hydroxylation is 1. The first kappa shape index (κ1) is 14.9. The Morgan fingerprint density at radius 1 is 1.41 bits per heavy atom. The number of amides is 2. The highest BCUT2D eigenvalue weighted by Gasteiger charge is 2.46. The van der Waals surface area contributed by atoms with Crippen molar-refractivity contribution < 1.29 is 14.3 Å². The van der Waals surface area contributed by atoms with Gasteiger partial charge in [0.05, 0.1) is 36.3 Å². The van der Waals surface area contributed by atoms with Crippen LogP contribution >= 0.6 is 0 Å². The summed E-state index contributed by atoms with van der Waals surface area (Å²) in [6, 6.07) is 0.0346. The number of rotatable bonds is 3. The predicted octanol–water partition coefficient (Wildman–Crippen LogP) is 0.180. The molecule has 0 radical (unpaired) electrons. The van der Waals surface area contributed by atoms with Gasteiger partial charge < -0.3 is 15.0 Å². The minimum Gasteiger partial charge on any atom is -0.363 e. The van der Waals surface area contributed by atoms with Gasteiger partial charge in [0, 0.05) is 26.1 Å². The lowest BCUT2D eigenvalue weighted by molar-refractivity contribution is -0.132. The zero-order chi connectivity index (χ0) is 15.7. The maximum atomic E-state index is 12.2. The van der Waals surface area contributed by atoms with E-state index >= 15 is 0 Å². The third kappa shape index (κ3) is 2.94. The maximum absolute atomic E-state index is 12.2. The fourth-order valence-corrected chi connectivity index (χ4v) is 3.11. The minimum absolute atomic E-state index is 0.0150. The zero-order valence-electron chi connectivity index (χ0n) is 12.8. The smallest absolute Gasteiger partial charge is 0.249 e. The Morgan fingerprint density at radius 2 is 2.23 bits per heavy atom. The van der Waals surface area contributed by atoms with Gasteiger partial charge >= 0.3 is 0 Å². The molecular formula is C15H20N4O3. The molecule has 3 rings (SSSR count). The van der Waals surface area contributed by atoms with Gasteiger partial charge in [-0.05, 0) is 13.3 Å². The van der Waals surface area contributed by atoms with Crippen LogP contribution < -0.4 is 5.32 Å². The van der Waals surface area contributed by atoms with Crippen molar-refractivity contribution in [1.82, 2.24) is 20.2 Å². The molecule has 2 fully saturated rings. The summed E-state index contributed by atoms with van der Waals surface area (Å²) < 4.78 is 5.79. The molecule has 3 heterocycles. The molecule has 1 aromatic rings. The predicted molar refractivity (Wildman–Crippen MR) is 77.7 cm³/mol. The van der Waals surface area contributed by atoms with Crippen LogP contribution in [-0.4, -0.2) is 51.5 Å². The van der Waals surface area contributed by atoms with Crippen molar-refractivity contribution in [3.8, 4) is 0 Å². The molecule has 2 saturated heterocycles. The zero-order valence-corrected chi connectivity index (χ0v) is 12.8. The fraction of sp³-hybridized carbons (Fsp3) is 0.600. The molecule has 22 heavy (non-hydrogen) atoms. The second-order valence-electron chi connectivity index (χ2n) is 5.83. The largest absolute Gasteiger partial charge is 0.363 e. The molecule has 0 spiro atoms. The minimum atomic E-state index is -0.490. The normalized spacial score (nSPS) is 26.8. The summed E-state index contributed by atoms with van der Waals surface area (Å²) in [7, 11) is 0. The van der Waals surface area contributed by atoms with Gasteiger partial charge in [-0.2, -0.15) is 0 Å². The highest BCUT2D eigenvalue weighted by atomic mass is 16.5. The summed E-state index contributed by atoms with van der Waals surface area (Å²) in [4.78, 5) is 33.9. The van der Waals surface area contributed by atoms with Crippen molar-refractivity contribution in [2.24, 2.45) is 0 Å². The van der Waals surface area contributed by atoms with E-state index in [1.54, 1.807) is 19.3 Å². The summed E-state index contributed by atoms with van der Waals surface area (Å²) in [5.74, 6) is -0.104. The lowest BCUT2D eigenvalue weighted by Crippen LogP contribution is -2.38. The molecule has 0 aliphatic carbocycles. The lowest BCUT2D eigenvalue weighted by atomic mass is 10.1. The van der Waals surface area contributed by atoms with E-state index in [2.05, 4.69) is 15.3 Å². The number of hydrogen-bond acceptors (Lipinski definition) is 5. The molecule has 2 aliphatic rings. The van der Waals surface area contributed by atoms with Crippen molar-refractivity contribution in [3.63, 3.8) is 0 Å². The highest BCUT2D eigenvalue weighted by Crippen LogP contribution is 2.32. The van der Waals surface area contributed by atoms with Crippen molar-refractivity contribution in [1.29, 1.82) is 0 Å². The van der Waals surface area contributed by atoms with Crippen LogP contribution in [0.2, 0.25) is 0 Å². The van der Waals surface area contributed by atoms with Gasteiger partial charge in [0.25, 0.3) is 0 Å². The van der Waals surface area contributed by atoms with Gasteiger partial charge in [0.1, 0.15) is 6.10 Å². The number of nitrogens with one attached hydrogen (secondary N) is 1. The van der Waals surface area contributed by atoms with Crippen LogP contribution in [0, 0.1) is 6.92 Å². The summed E-state index contributed by atoms with van der Waals surface area (Å²) in [5.41, 5.74) is 1.55. The van der Waals surface area contributed by atoms with Crippen molar-refractivity contribution in [3.05, 3.63) is 23.8 Å². The van der Waals surface area contributed by atoms with E-state index in [9.17, 15) is 9.59 Å². The number of carbonyl (C=O) groups excluding carboxylic acids is 2. The molecule has 3 atom stereocenters. The van der Waals surface area contributed by atoms with E-state index in [0.29, 0.717) is 18.7 Å². The maximum Gasteiger partial charge on any atom is 0.249 e. The molecule has 7 heteroatoms. The van der Waals surface area contributed by atoms with E-state index in [0.717, 1.165) is 18.7 Å². The number of ether oxygens (including phenoxy) is 1. The average molecular weight is 304 g/mol. The Morgan fingerprint density at radius 3 is 2.91 bits per heavy atom. The summed E-state index contributed by atoms with van der Waals surface area (Å²) in [5, 5.41) is 2.82. The van der Waals surface area contributed by atoms with Gasteiger partial charge in [-0.1, -0.05) is 0 Å². The van der Waals surface area contributed by atoms with Gasteiger partial charge in [0.15, 0.2) is 0 Å². The first-order valence-electron chi connectivity index (χ1n) is 7.52. The van der Waals surface area contributed by atoms with E-state index in [4.69, 9.17) is 4.74 Å². The SMILES string of the molecule is CC(=O)N1CC[C@@H]2O[C@H](C(=O)NCc3cnc(C)cn3)C[C@@H]21. The van der Waals surface area contributed by atoms with E-state index in [1.807, 2.05) is 11.8 Å². The van der Waals surface area contributed by atoms with Crippen LogP contribution in [0.1, 0.15) is 31.2 Å². The molecule has 2 amide bonds. The van der Waals surface area contributed by atoms with Crippen molar-refractivity contribution in [2.75, 3.05) is 6.54 Å². The summed E-state index contributed by atoms with van der Waals surface area (Å²) in [6.07, 6.45) is 4.18. The molecule has 1 aromatic heterocycles. The van der Waals surface area contributed by atoms with Crippen molar-refractivity contribution in [2.45, 2.75) is 51.5 Å². The Kier molecular flexibility index (Phi) is 4.06. The Hall–Kier alpha value is -2.02. The quantitative estimate of drug-likeness (QED) is 0.861. The second kappa shape index (κ2) is 6.00. The molecule has 118 valence electrons. The monoisotopic (exact) mass is 304 g/mol. The molecule has 1 N–H and O–H groups in total. The van der Waals surface area contributed by atoms with Crippen LogP contribution in [0.4, 0.5) is 0 Å². The Balaban J connectivity index is 1.54. The molecule has 0 unspecified atom stereocenters. The first-order chi connectivity index (χ1) is 10.5. The molecule has 2 aliphatic heterocycles. The summed E-state index contributed by atoms with van der Waals surface area (Å²) in [6.45, 7) is 4.47. The van der Waals surface area contributed by atoms with Gasteiger partial charge in [-0.15, -0.1) is 0 Å². The molecular weight excluding hydrogens is 284 g/mol. The Bertz CT molecular complexity index is 575. The van der Waals surface area contributed by atoms with E-state index < -0.39 is 6.10 Å². The van der Waals surface area contributed by atoms with E-state index in [1.165, 1.54) is 0 Å². The molecule has 0 saturated carbocycles. The first-order valence-corrected chi connectivity index (χ1v) is 7.52. The lowest BCUT2D eigenvalue weighted by Gasteiger charge is -2.20. The van der Waals surface area contributed by atoms with Crippen LogP contribution in [0.5, 0.6) is 0 Å². The van der Waals surface area contributed by atoms with Crippen molar-refractivity contribution >= 4 is 11.8 Å². The average Bonchev–Trinajstić information content (AvgIpc) is 3.06. The van der Waals surface area contributed by atoms with Crippen LogP contribution in [-0.2, 0) is 20.9 Å². The molecule has 0 aromatic carbocycles. The fourth-order valence-electron chi connectivity index (χ4n) is 3.11. The number of nitrogens with zero attached hydrogens (tertiary/aromatic N) is 3. The van der Waals surface area contributed by atoms with Gasteiger partial charge in [-0.25, -0.2) is 0 Å².